The van der Waals surface area contributed by atoms with E-state index in [1.54, 1.807) is 12.1 Å². The van der Waals surface area contributed by atoms with Crippen LogP contribution in [0, 0.1) is 6.07 Å². The van der Waals surface area contributed by atoms with Crippen LogP contribution in [-0.2, 0) is 4.74 Å². The fraction of sp³-hybridized carbons (Fsp3) is 0.235. The molecule has 0 aromatic heterocycles. The van der Waals surface area contributed by atoms with Crippen molar-refractivity contribution in [2.75, 3.05) is 36.5 Å². The number of benzene rings is 2. The van der Waals surface area contributed by atoms with E-state index in [1.807, 2.05) is 36.4 Å². The molecule has 2 aromatic rings. The van der Waals surface area contributed by atoms with Crippen LogP contribution < -0.4 is 10.2 Å². The van der Waals surface area contributed by atoms with E-state index in [1.165, 1.54) is 0 Å². The van der Waals surface area contributed by atoms with Crippen molar-refractivity contribution in [3.63, 3.8) is 0 Å². The number of hydrogen-bond donors (Lipinski definition) is 1. The van der Waals surface area contributed by atoms with Crippen molar-refractivity contribution in [1.82, 2.24) is 0 Å². The average Bonchev–Trinajstić information content (AvgIpc) is 2.57. The molecule has 1 N–H and O–H groups in total. The highest BCUT2D eigenvalue weighted by Gasteiger charge is 2.12. The number of carbonyl (C=O) groups is 1. The van der Waals surface area contributed by atoms with Crippen molar-refractivity contribution in [3.05, 3.63) is 60.2 Å². The van der Waals surface area contributed by atoms with Gasteiger partial charge in [-0.2, -0.15) is 0 Å². The van der Waals surface area contributed by atoms with Gasteiger partial charge in [0.05, 0.1) is 13.2 Å². The Morgan fingerprint density at radius 2 is 1.71 bits per heavy atom. The molecule has 1 radical (unpaired) electrons. The smallest absolute Gasteiger partial charge is 0.255 e. The molecule has 1 fully saturated rings. The zero-order chi connectivity index (χ0) is 14.5. The molecule has 4 nitrogen and oxygen atoms in total. The van der Waals surface area contributed by atoms with Gasteiger partial charge in [-0.15, -0.1) is 0 Å². The van der Waals surface area contributed by atoms with Gasteiger partial charge in [0.2, 0.25) is 0 Å². The van der Waals surface area contributed by atoms with E-state index in [4.69, 9.17) is 4.74 Å². The molecule has 3 rings (SSSR count). The first-order chi connectivity index (χ1) is 10.3. The third-order valence-electron chi connectivity index (χ3n) is 3.48. The first-order valence-corrected chi connectivity index (χ1v) is 7.03. The van der Waals surface area contributed by atoms with Crippen LogP contribution in [0.15, 0.2) is 48.5 Å². The molecular formula is C17H17N2O2. The minimum atomic E-state index is -0.102. The number of ether oxygens (including phenoxy) is 1. The molecule has 0 bridgehead atoms. The maximum Gasteiger partial charge on any atom is 0.255 e. The van der Waals surface area contributed by atoms with E-state index in [2.05, 4.69) is 16.3 Å². The fourth-order valence-corrected chi connectivity index (χ4v) is 2.32. The van der Waals surface area contributed by atoms with Crippen molar-refractivity contribution in [1.29, 1.82) is 0 Å². The zero-order valence-electron chi connectivity index (χ0n) is 11.7. The highest BCUT2D eigenvalue weighted by molar-refractivity contribution is 6.04. The molecule has 1 saturated heterocycles. The van der Waals surface area contributed by atoms with Gasteiger partial charge in [-0.05, 0) is 42.5 Å². The van der Waals surface area contributed by atoms with E-state index in [9.17, 15) is 4.79 Å². The maximum absolute atomic E-state index is 12.1. The summed E-state index contributed by atoms with van der Waals surface area (Å²) < 4.78 is 5.34. The number of anilines is 2. The lowest BCUT2D eigenvalue weighted by atomic mass is 10.1. The van der Waals surface area contributed by atoms with Crippen LogP contribution in [0.5, 0.6) is 0 Å². The molecule has 0 unspecified atom stereocenters. The number of nitrogens with one attached hydrogen (secondary N) is 1. The molecule has 2 aromatic carbocycles. The first-order valence-electron chi connectivity index (χ1n) is 7.03. The Labute approximate surface area is 124 Å². The van der Waals surface area contributed by atoms with Gasteiger partial charge >= 0.3 is 0 Å². The normalized spacial score (nSPS) is 14.8. The molecule has 4 heteroatoms. The summed E-state index contributed by atoms with van der Waals surface area (Å²) in [6, 6.07) is 17.8. The van der Waals surface area contributed by atoms with Crippen molar-refractivity contribution in [2.24, 2.45) is 0 Å². The van der Waals surface area contributed by atoms with Gasteiger partial charge in [0.1, 0.15) is 0 Å². The number of carbonyl (C=O) groups excluding carboxylic acids is 1. The van der Waals surface area contributed by atoms with E-state index < -0.39 is 0 Å². The van der Waals surface area contributed by atoms with E-state index in [-0.39, 0.29) is 5.91 Å². The summed E-state index contributed by atoms with van der Waals surface area (Å²) in [6.07, 6.45) is 0. The van der Waals surface area contributed by atoms with E-state index in [0.29, 0.717) is 5.56 Å². The number of amides is 1. The summed E-state index contributed by atoms with van der Waals surface area (Å²) in [5, 5.41) is 2.86. The van der Waals surface area contributed by atoms with Gasteiger partial charge < -0.3 is 15.0 Å². The van der Waals surface area contributed by atoms with Crippen molar-refractivity contribution >= 4 is 17.3 Å². The van der Waals surface area contributed by atoms with Crippen LogP contribution in [-0.4, -0.2) is 32.2 Å². The van der Waals surface area contributed by atoms with Crippen LogP contribution in [0.25, 0.3) is 0 Å². The molecule has 1 aliphatic heterocycles. The second-order valence-electron chi connectivity index (χ2n) is 4.89. The van der Waals surface area contributed by atoms with Crippen molar-refractivity contribution in [3.8, 4) is 0 Å². The zero-order valence-corrected chi connectivity index (χ0v) is 11.7. The van der Waals surface area contributed by atoms with Crippen molar-refractivity contribution < 1.29 is 9.53 Å². The molecule has 0 saturated carbocycles. The molecular weight excluding hydrogens is 264 g/mol. The highest BCUT2D eigenvalue weighted by atomic mass is 16.5. The predicted molar refractivity (Wildman–Crippen MR) is 82.7 cm³/mol. The summed E-state index contributed by atoms with van der Waals surface area (Å²) in [6.45, 7) is 3.30. The molecule has 0 spiro atoms. The Hall–Kier alpha value is -2.33. The Balaban J connectivity index is 1.67. The van der Waals surface area contributed by atoms with Gasteiger partial charge in [0, 0.05) is 30.0 Å². The first kappa shape index (κ1) is 13.6. The van der Waals surface area contributed by atoms with Gasteiger partial charge in [-0.1, -0.05) is 12.1 Å². The number of hydrogen-bond acceptors (Lipinski definition) is 3. The maximum atomic E-state index is 12.1. The SMILES string of the molecule is O=C(Nc1cc[c]cc1)c1ccc(N2CCOCC2)cc1. The number of rotatable bonds is 3. The summed E-state index contributed by atoms with van der Waals surface area (Å²) in [5.41, 5.74) is 2.56. The second-order valence-corrected chi connectivity index (χ2v) is 4.89. The molecule has 21 heavy (non-hydrogen) atoms. The van der Waals surface area contributed by atoms with Crippen LogP contribution in [0.4, 0.5) is 11.4 Å². The Morgan fingerprint density at radius 1 is 1.05 bits per heavy atom. The minimum Gasteiger partial charge on any atom is -0.378 e. The quantitative estimate of drug-likeness (QED) is 0.940. The second kappa shape index (κ2) is 6.41. The molecule has 1 heterocycles. The van der Waals surface area contributed by atoms with Crippen LogP contribution >= 0.6 is 0 Å². The number of nitrogens with zero attached hydrogens (tertiary/aromatic N) is 1. The van der Waals surface area contributed by atoms with Crippen LogP contribution in [0.1, 0.15) is 10.4 Å². The summed E-state index contributed by atoms with van der Waals surface area (Å²) in [4.78, 5) is 14.4. The van der Waals surface area contributed by atoms with E-state index >= 15 is 0 Å². The standard InChI is InChI=1S/C17H17N2O2/c20-17(18-15-4-2-1-3-5-15)14-6-8-16(9-7-14)19-10-12-21-13-11-19/h2-9H,10-13H2,(H,18,20). The van der Waals surface area contributed by atoms with E-state index in [0.717, 1.165) is 37.7 Å². The molecule has 0 atom stereocenters. The highest BCUT2D eigenvalue weighted by Crippen LogP contribution is 2.17. The predicted octanol–water partition coefficient (Wildman–Crippen LogP) is 2.58. The van der Waals surface area contributed by atoms with Gasteiger partial charge in [0.25, 0.3) is 5.91 Å². The lowest BCUT2D eigenvalue weighted by molar-refractivity contribution is 0.102. The largest absolute Gasteiger partial charge is 0.378 e. The molecule has 1 aliphatic rings. The third kappa shape index (κ3) is 3.41. The van der Waals surface area contributed by atoms with Crippen LogP contribution in [0.3, 0.4) is 0 Å². The Kier molecular flexibility index (Phi) is 4.17. The summed E-state index contributed by atoms with van der Waals surface area (Å²) in [5.74, 6) is -0.102. The van der Waals surface area contributed by atoms with Crippen molar-refractivity contribution in [2.45, 2.75) is 0 Å². The van der Waals surface area contributed by atoms with Gasteiger partial charge in [0.15, 0.2) is 0 Å². The monoisotopic (exact) mass is 281 g/mol. The average molecular weight is 281 g/mol. The number of morpholine rings is 1. The Morgan fingerprint density at radius 3 is 2.38 bits per heavy atom. The topological polar surface area (TPSA) is 41.6 Å². The minimum absolute atomic E-state index is 0.102. The molecule has 107 valence electrons. The van der Waals surface area contributed by atoms with Gasteiger partial charge in [-0.25, -0.2) is 0 Å². The fourth-order valence-electron chi connectivity index (χ4n) is 2.32. The summed E-state index contributed by atoms with van der Waals surface area (Å²) in [7, 11) is 0. The molecule has 1 amide bonds. The lowest BCUT2D eigenvalue weighted by Crippen LogP contribution is -2.36. The van der Waals surface area contributed by atoms with Crippen LogP contribution in [0.2, 0.25) is 0 Å². The molecule has 0 aliphatic carbocycles. The van der Waals surface area contributed by atoms with Gasteiger partial charge in [-0.3, -0.25) is 4.79 Å². The lowest BCUT2D eigenvalue weighted by Gasteiger charge is -2.28. The summed E-state index contributed by atoms with van der Waals surface area (Å²) >= 11 is 0. The Bertz CT molecular complexity index is 590. The third-order valence-corrected chi connectivity index (χ3v) is 3.48.